The van der Waals surface area contributed by atoms with Crippen LogP contribution in [-0.4, -0.2) is 37.1 Å². The van der Waals surface area contributed by atoms with Crippen molar-refractivity contribution in [1.29, 1.82) is 0 Å². The van der Waals surface area contributed by atoms with E-state index in [9.17, 15) is 9.59 Å². The summed E-state index contributed by atoms with van der Waals surface area (Å²) in [6.45, 7) is 3.04. The predicted octanol–water partition coefficient (Wildman–Crippen LogP) is 4.43. The second kappa shape index (κ2) is 11.1. The van der Waals surface area contributed by atoms with Crippen LogP contribution in [0, 0.1) is 6.92 Å². The van der Waals surface area contributed by atoms with Gasteiger partial charge in [-0.3, -0.25) is 9.78 Å². The molecule has 0 bridgehead atoms. The van der Waals surface area contributed by atoms with Crippen molar-refractivity contribution in [2.75, 3.05) is 30.8 Å². The second-order valence-corrected chi connectivity index (χ2v) is 7.31. The van der Waals surface area contributed by atoms with E-state index in [2.05, 4.69) is 26.3 Å². The number of nitrogens with one attached hydrogen (secondary N) is 4. The molecular formula is C23H24ClN5O3. The minimum absolute atomic E-state index is 0.269. The summed E-state index contributed by atoms with van der Waals surface area (Å²) in [6.07, 6.45) is 1.51. The van der Waals surface area contributed by atoms with E-state index in [0.717, 1.165) is 5.56 Å². The molecule has 0 fully saturated rings. The molecule has 166 valence electrons. The summed E-state index contributed by atoms with van der Waals surface area (Å²) in [5.74, 6) is 0.763. The number of urea groups is 1. The minimum Gasteiger partial charge on any atom is -0.457 e. The molecular weight excluding hydrogens is 430 g/mol. The molecule has 4 N–H and O–H groups in total. The highest BCUT2D eigenvalue weighted by molar-refractivity contribution is 6.31. The average Bonchev–Trinajstić information content (AvgIpc) is 2.78. The summed E-state index contributed by atoms with van der Waals surface area (Å²) in [4.78, 5) is 28.4. The van der Waals surface area contributed by atoms with E-state index in [1.54, 1.807) is 54.6 Å². The molecule has 0 aliphatic carbocycles. The van der Waals surface area contributed by atoms with Crippen LogP contribution < -0.4 is 26.0 Å². The number of hydrogen-bond donors (Lipinski definition) is 4. The molecule has 3 amide bonds. The van der Waals surface area contributed by atoms with Gasteiger partial charge in [0.1, 0.15) is 17.2 Å². The van der Waals surface area contributed by atoms with Crippen LogP contribution in [0.15, 0.2) is 60.8 Å². The van der Waals surface area contributed by atoms with E-state index in [0.29, 0.717) is 41.0 Å². The summed E-state index contributed by atoms with van der Waals surface area (Å²) in [5, 5.41) is 11.9. The number of carbonyl (C=O) groups is 2. The van der Waals surface area contributed by atoms with Gasteiger partial charge < -0.3 is 26.0 Å². The molecule has 3 aromatic rings. The Morgan fingerprint density at radius 2 is 1.66 bits per heavy atom. The molecule has 0 aliphatic rings. The number of anilines is 2. The van der Waals surface area contributed by atoms with Crippen molar-refractivity contribution in [2.24, 2.45) is 0 Å². The van der Waals surface area contributed by atoms with Gasteiger partial charge in [0.05, 0.1) is 0 Å². The molecule has 3 rings (SSSR count). The van der Waals surface area contributed by atoms with E-state index < -0.39 is 0 Å². The standard InChI is InChI=1S/C23H24ClN5O3/c1-15-13-17(5-8-20(15)24)29-23(31)28-16-3-6-18(7-4-16)32-19-9-10-26-21(14-19)22(30)27-12-11-25-2/h3-10,13-14,25H,11-12H2,1-2H3,(H,27,30)(H2,28,29,31). The summed E-state index contributed by atoms with van der Waals surface area (Å²) in [7, 11) is 1.81. The molecule has 32 heavy (non-hydrogen) atoms. The number of halogens is 1. The van der Waals surface area contributed by atoms with Gasteiger partial charge in [0.25, 0.3) is 5.91 Å². The number of rotatable bonds is 8. The zero-order valence-corrected chi connectivity index (χ0v) is 18.5. The number of aromatic nitrogens is 1. The van der Waals surface area contributed by atoms with E-state index in [4.69, 9.17) is 16.3 Å². The fraction of sp³-hybridized carbons (Fsp3) is 0.174. The molecule has 2 aromatic carbocycles. The van der Waals surface area contributed by atoms with E-state index >= 15 is 0 Å². The summed E-state index contributed by atoms with van der Waals surface area (Å²) < 4.78 is 5.80. The molecule has 0 radical (unpaired) electrons. The highest BCUT2D eigenvalue weighted by atomic mass is 35.5. The number of ether oxygens (including phenoxy) is 1. The molecule has 0 saturated heterocycles. The zero-order valence-electron chi connectivity index (χ0n) is 17.7. The van der Waals surface area contributed by atoms with Crippen molar-refractivity contribution in [1.82, 2.24) is 15.6 Å². The molecule has 8 nitrogen and oxygen atoms in total. The number of pyridine rings is 1. The number of aryl methyl sites for hydroxylation is 1. The number of nitrogens with zero attached hydrogens (tertiary/aromatic N) is 1. The van der Waals surface area contributed by atoms with Crippen molar-refractivity contribution in [3.8, 4) is 11.5 Å². The summed E-state index contributed by atoms with van der Waals surface area (Å²) in [5.41, 5.74) is 2.39. The van der Waals surface area contributed by atoms with Crippen LogP contribution in [0.25, 0.3) is 0 Å². The van der Waals surface area contributed by atoms with Crippen molar-refractivity contribution in [2.45, 2.75) is 6.92 Å². The number of hydrogen-bond acceptors (Lipinski definition) is 5. The summed E-state index contributed by atoms with van der Waals surface area (Å²) >= 11 is 6.00. The fourth-order valence-corrected chi connectivity index (χ4v) is 2.87. The SMILES string of the molecule is CNCCNC(=O)c1cc(Oc2ccc(NC(=O)Nc3ccc(Cl)c(C)c3)cc2)ccn1. The van der Waals surface area contributed by atoms with Gasteiger partial charge in [0, 0.05) is 41.8 Å². The van der Waals surface area contributed by atoms with Crippen molar-refractivity contribution >= 4 is 34.9 Å². The second-order valence-electron chi connectivity index (χ2n) is 6.91. The number of amides is 3. The molecule has 0 unspecified atom stereocenters. The lowest BCUT2D eigenvalue weighted by Gasteiger charge is -2.10. The number of carbonyl (C=O) groups excluding carboxylic acids is 2. The Morgan fingerprint density at radius 1 is 0.938 bits per heavy atom. The van der Waals surface area contributed by atoms with Crippen LogP contribution >= 0.6 is 11.6 Å². The molecule has 1 aromatic heterocycles. The van der Waals surface area contributed by atoms with Gasteiger partial charge >= 0.3 is 6.03 Å². The van der Waals surface area contributed by atoms with Crippen molar-refractivity contribution < 1.29 is 14.3 Å². The topological polar surface area (TPSA) is 104 Å². The van der Waals surface area contributed by atoms with Crippen LogP contribution in [-0.2, 0) is 0 Å². The Balaban J connectivity index is 1.56. The lowest BCUT2D eigenvalue weighted by atomic mass is 10.2. The third-order valence-electron chi connectivity index (χ3n) is 4.39. The quantitative estimate of drug-likeness (QED) is 0.378. The Morgan fingerprint density at radius 3 is 2.38 bits per heavy atom. The molecule has 9 heteroatoms. The largest absolute Gasteiger partial charge is 0.457 e. The zero-order chi connectivity index (χ0) is 22.9. The first-order valence-corrected chi connectivity index (χ1v) is 10.3. The smallest absolute Gasteiger partial charge is 0.323 e. The normalized spacial score (nSPS) is 10.3. The van der Waals surface area contributed by atoms with Crippen molar-refractivity contribution in [3.05, 3.63) is 77.1 Å². The number of likely N-dealkylation sites (N-methyl/N-ethyl adjacent to an activating group) is 1. The van der Waals surface area contributed by atoms with Gasteiger partial charge in [-0.05, 0) is 68.1 Å². The predicted molar refractivity (Wildman–Crippen MR) is 126 cm³/mol. The third kappa shape index (κ3) is 6.69. The third-order valence-corrected chi connectivity index (χ3v) is 4.81. The Labute approximate surface area is 191 Å². The Kier molecular flexibility index (Phi) is 8.02. The molecule has 0 atom stereocenters. The van der Waals surface area contributed by atoms with Gasteiger partial charge in [-0.25, -0.2) is 4.79 Å². The summed E-state index contributed by atoms with van der Waals surface area (Å²) in [6, 6.07) is 15.0. The maximum Gasteiger partial charge on any atom is 0.323 e. The first-order chi connectivity index (χ1) is 15.4. The molecule has 0 spiro atoms. The van der Waals surface area contributed by atoms with Crippen LogP contribution in [0.1, 0.15) is 16.1 Å². The van der Waals surface area contributed by atoms with Crippen LogP contribution in [0.5, 0.6) is 11.5 Å². The van der Waals surface area contributed by atoms with E-state index in [-0.39, 0.29) is 17.6 Å². The van der Waals surface area contributed by atoms with E-state index in [1.165, 1.54) is 6.20 Å². The Hall–Kier alpha value is -3.62. The lowest BCUT2D eigenvalue weighted by molar-refractivity contribution is 0.0949. The fourth-order valence-electron chi connectivity index (χ4n) is 2.75. The van der Waals surface area contributed by atoms with Crippen LogP contribution in [0.3, 0.4) is 0 Å². The molecule has 0 saturated carbocycles. The highest BCUT2D eigenvalue weighted by Gasteiger charge is 2.09. The Bertz CT molecular complexity index is 1090. The van der Waals surface area contributed by atoms with Gasteiger partial charge in [-0.1, -0.05) is 11.6 Å². The van der Waals surface area contributed by atoms with Gasteiger partial charge in [0.2, 0.25) is 0 Å². The first-order valence-electron chi connectivity index (χ1n) is 9.95. The van der Waals surface area contributed by atoms with Crippen LogP contribution in [0.4, 0.5) is 16.2 Å². The van der Waals surface area contributed by atoms with Gasteiger partial charge in [-0.15, -0.1) is 0 Å². The van der Waals surface area contributed by atoms with Gasteiger partial charge in [0.15, 0.2) is 0 Å². The van der Waals surface area contributed by atoms with Crippen LogP contribution in [0.2, 0.25) is 5.02 Å². The monoisotopic (exact) mass is 453 g/mol. The maximum absolute atomic E-state index is 12.2. The van der Waals surface area contributed by atoms with Gasteiger partial charge in [-0.2, -0.15) is 0 Å². The van der Waals surface area contributed by atoms with Crippen molar-refractivity contribution in [3.63, 3.8) is 0 Å². The minimum atomic E-state index is -0.372. The first kappa shape index (κ1) is 23.1. The maximum atomic E-state index is 12.2. The number of benzene rings is 2. The average molecular weight is 454 g/mol. The molecule has 0 aliphatic heterocycles. The lowest BCUT2D eigenvalue weighted by Crippen LogP contribution is -2.30. The highest BCUT2D eigenvalue weighted by Crippen LogP contribution is 2.24. The van der Waals surface area contributed by atoms with E-state index in [1.807, 2.05) is 14.0 Å². The molecule has 1 heterocycles.